The second kappa shape index (κ2) is 8.36. The van der Waals surface area contributed by atoms with E-state index in [1.54, 1.807) is 0 Å². The van der Waals surface area contributed by atoms with Crippen molar-refractivity contribution in [2.24, 2.45) is 0 Å². The van der Waals surface area contributed by atoms with Crippen LogP contribution in [0.15, 0.2) is 47.3 Å². The van der Waals surface area contributed by atoms with Crippen LogP contribution in [-0.4, -0.2) is 22.9 Å². The molecule has 0 spiro atoms. The number of alkyl halides is 3. The maximum Gasteiger partial charge on any atom is 0.418 e. The molecule has 0 radical (unpaired) electrons. The fourth-order valence-corrected chi connectivity index (χ4v) is 5.12. The van der Waals surface area contributed by atoms with Crippen molar-refractivity contribution in [2.75, 3.05) is 18.0 Å². The average molecular weight is 454 g/mol. The monoisotopic (exact) mass is 453 g/mol. The number of aryl methyl sites for hydroxylation is 1. The van der Waals surface area contributed by atoms with Crippen LogP contribution in [-0.2, 0) is 25.4 Å². The van der Waals surface area contributed by atoms with E-state index in [2.05, 4.69) is 10.00 Å². The molecule has 1 fully saturated rings. The largest absolute Gasteiger partial charge is 0.418 e. The van der Waals surface area contributed by atoms with E-state index in [9.17, 15) is 18.0 Å². The molecule has 1 aliphatic carbocycles. The van der Waals surface area contributed by atoms with Gasteiger partial charge in [0.2, 0.25) is 0 Å². The highest BCUT2D eigenvalue weighted by Gasteiger charge is 2.36. The third-order valence-corrected chi connectivity index (χ3v) is 6.79. The minimum Gasteiger partial charge on any atom is -0.371 e. The topological polar surface area (TPSA) is 38.1 Å². The molecule has 2 aliphatic rings. The molecule has 2 heterocycles. The van der Waals surface area contributed by atoms with E-state index < -0.39 is 17.3 Å². The number of aromatic nitrogens is 2. The van der Waals surface area contributed by atoms with E-state index in [0.29, 0.717) is 29.8 Å². The normalized spacial score (nSPS) is 15.8. The zero-order valence-corrected chi connectivity index (χ0v) is 18.6. The van der Waals surface area contributed by atoms with Gasteiger partial charge in [0.15, 0.2) is 0 Å². The smallest absolute Gasteiger partial charge is 0.371 e. The van der Waals surface area contributed by atoms with Crippen LogP contribution in [0.3, 0.4) is 0 Å². The Balaban J connectivity index is 1.78. The lowest BCUT2D eigenvalue weighted by atomic mass is 9.97. The number of halogens is 3. The van der Waals surface area contributed by atoms with E-state index >= 15 is 0 Å². The van der Waals surface area contributed by atoms with E-state index in [-0.39, 0.29) is 5.69 Å². The first-order valence-electron chi connectivity index (χ1n) is 11.6. The minimum absolute atomic E-state index is 0.193. The van der Waals surface area contributed by atoms with Gasteiger partial charge in [-0.05, 0) is 67.9 Å². The van der Waals surface area contributed by atoms with Crippen molar-refractivity contribution in [1.29, 1.82) is 0 Å². The molecule has 0 saturated carbocycles. The first kappa shape index (κ1) is 21.7. The molecular weight excluding hydrogens is 427 g/mol. The van der Waals surface area contributed by atoms with Gasteiger partial charge in [-0.1, -0.05) is 31.2 Å². The van der Waals surface area contributed by atoms with Crippen molar-refractivity contribution in [2.45, 2.75) is 51.6 Å². The van der Waals surface area contributed by atoms with Crippen LogP contribution in [0, 0.1) is 0 Å². The zero-order chi connectivity index (χ0) is 23.2. The van der Waals surface area contributed by atoms with Gasteiger partial charge in [0.1, 0.15) is 0 Å². The summed E-state index contributed by atoms with van der Waals surface area (Å²) in [5.74, 6) is 0. The highest BCUT2D eigenvalue weighted by atomic mass is 19.4. The lowest BCUT2D eigenvalue weighted by molar-refractivity contribution is -0.137. The third-order valence-electron chi connectivity index (χ3n) is 6.79. The Morgan fingerprint density at radius 2 is 1.70 bits per heavy atom. The summed E-state index contributed by atoms with van der Waals surface area (Å²) < 4.78 is 43.1. The van der Waals surface area contributed by atoms with Crippen LogP contribution in [0.2, 0.25) is 0 Å². The summed E-state index contributed by atoms with van der Waals surface area (Å²) in [6.45, 7) is 3.63. The van der Waals surface area contributed by atoms with Gasteiger partial charge in [-0.2, -0.15) is 23.0 Å². The second-order valence-corrected chi connectivity index (χ2v) is 8.78. The van der Waals surface area contributed by atoms with Crippen LogP contribution >= 0.6 is 0 Å². The lowest BCUT2D eigenvalue weighted by Crippen LogP contribution is -2.28. The molecule has 0 amide bonds. The van der Waals surface area contributed by atoms with Crippen molar-refractivity contribution in [3.05, 3.63) is 75.1 Å². The van der Waals surface area contributed by atoms with Gasteiger partial charge in [0.25, 0.3) is 5.56 Å². The Morgan fingerprint density at radius 3 is 2.42 bits per heavy atom. The van der Waals surface area contributed by atoms with Crippen LogP contribution in [0.5, 0.6) is 0 Å². The third kappa shape index (κ3) is 3.83. The number of fused-ring (bicyclic) bond motifs is 1. The standard InChI is InChI=1S/C26H26F3N3O/c1-2-17-8-3-4-9-19(17)24-20-10-7-11-21(20)25(33)32(30-24)23-16-18(31-14-5-6-15-31)12-13-22(23)26(27,28)29/h3-4,8-9,12-13,16H,2,5-7,10-11,14-15H2,1H3. The molecule has 3 aromatic rings. The second-order valence-electron chi connectivity index (χ2n) is 8.78. The molecule has 0 atom stereocenters. The summed E-state index contributed by atoms with van der Waals surface area (Å²) in [5, 5.41) is 4.62. The highest BCUT2D eigenvalue weighted by molar-refractivity contribution is 5.69. The number of hydrogen-bond acceptors (Lipinski definition) is 3. The molecule has 172 valence electrons. The summed E-state index contributed by atoms with van der Waals surface area (Å²) in [4.78, 5) is 15.5. The number of benzene rings is 2. The first-order chi connectivity index (χ1) is 15.9. The minimum atomic E-state index is -4.60. The van der Waals surface area contributed by atoms with Gasteiger partial charge in [-0.25, -0.2) is 0 Å². The molecule has 7 heteroatoms. The summed E-state index contributed by atoms with van der Waals surface area (Å²) in [6.07, 6.45) is 0.260. The SMILES string of the molecule is CCc1ccccc1-c1nn(-c2cc(N3CCCC3)ccc2C(F)(F)F)c(=O)c2c1CCC2. The van der Waals surface area contributed by atoms with Crippen molar-refractivity contribution < 1.29 is 13.2 Å². The van der Waals surface area contributed by atoms with Gasteiger partial charge in [0, 0.05) is 29.9 Å². The maximum atomic E-state index is 14.0. The maximum absolute atomic E-state index is 14.0. The molecule has 5 rings (SSSR count). The lowest BCUT2D eigenvalue weighted by Gasteiger charge is -2.22. The summed E-state index contributed by atoms with van der Waals surface area (Å²) in [5.41, 5.74) is 3.26. The molecule has 1 aromatic heterocycles. The molecule has 4 nitrogen and oxygen atoms in total. The van der Waals surface area contributed by atoms with E-state index in [4.69, 9.17) is 0 Å². The van der Waals surface area contributed by atoms with E-state index in [1.165, 1.54) is 12.1 Å². The number of nitrogens with zero attached hydrogens (tertiary/aromatic N) is 3. The number of hydrogen-bond donors (Lipinski definition) is 0. The molecule has 0 N–H and O–H groups in total. The van der Waals surface area contributed by atoms with Crippen molar-refractivity contribution in [3.8, 4) is 16.9 Å². The predicted octanol–water partition coefficient (Wildman–Crippen LogP) is 5.57. The Hall–Kier alpha value is -3.09. The van der Waals surface area contributed by atoms with Gasteiger partial charge >= 0.3 is 6.18 Å². The van der Waals surface area contributed by atoms with Gasteiger partial charge in [-0.15, -0.1) is 0 Å². The van der Waals surface area contributed by atoms with Crippen LogP contribution < -0.4 is 10.5 Å². The van der Waals surface area contributed by atoms with Gasteiger partial charge in [-0.3, -0.25) is 4.79 Å². The molecule has 2 aromatic carbocycles. The van der Waals surface area contributed by atoms with Crippen LogP contribution in [0.1, 0.15) is 48.4 Å². The van der Waals surface area contributed by atoms with Crippen molar-refractivity contribution >= 4 is 5.69 Å². The number of anilines is 1. The van der Waals surface area contributed by atoms with Gasteiger partial charge in [0.05, 0.1) is 16.9 Å². The fraction of sp³-hybridized carbons (Fsp3) is 0.385. The molecule has 0 unspecified atom stereocenters. The molecule has 33 heavy (non-hydrogen) atoms. The Bertz CT molecular complexity index is 1260. The summed E-state index contributed by atoms with van der Waals surface area (Å²) in [6, 6.07) is 11.9. The molecule has 0 bridgehead atoms. The number of rotatable bonds is 4. The Labute approximate surface area is 190 Å². The predicted molar refractivity (Wildman–Crippen MR) is 123 cm³/mol. The Kier molecular flexibility index (Phi) is 5.51. The zero-order valence-electron chi connectivity index (χ0n) is 18.6. The Morgan fingerprint density at radius 1 is 0.970 bits per heavy atom. The van der Waals surface area contributed by atoms with Crippen molar-refractivity contribution in [3.63, 3.8) is 0 Å². The summed E-state index contributed by atoms with van der Waals surface area (Å²) >= 11 is 0. The van der Waals surface area contributed by atoms with E-state index in [1.807, 2.05) is 31.2 Å². The first-order valence-corrected chi connectivity index (χ1v) is 11.6. The molecule has 1 saturated heterocycles. The molecular formula is C26H26F3N3O. The summed E-state index contributed by atoms with van der Waals surface area (Å²) in [7, 11) is 0. The average Bonchev–Trinajstić information content (AvgIpc) is 3.51. The van der Waals surface area contributed by atoms with Crippen molar-refractivity contribution in [1.82, 2.24) is 9.78 Å². The van der Waals surface area contributed by atoms with Crippen LogP contribution in [0.25, 0.3) is 16.9 Å². The van der Waals surface area contributed by atoms with Crippen LogP contribution in [0.4, 0.5) is 18.9 Å². The van der Waals surface area contributed by atoms with E-state index in [0.717, 1.165) is 66.2 Å². The van der Waals surface area contributed by atoms with Gasteiger partial charge < -0.3 is 4.90 Å². The quantitative estimate of drug-likeness (QED) is 0.518. The molecule has 1 aliphatic heterocycles. The fourth-order valence-electron chi connectivity index (χ4n) is 5.12. The highest BCUT2D eigenvalue weighted by Crippen LogP contribution is 2.37.